The highest BCUT2D eigenvalue weighted by molar-refractivity contribution is 5.61. The van der Waals surface area contributed by atoms with Gasteiger partial charge in [0.15, 0.2) is 0 Å². The van der Waals surface area contributed by atoms with Gasteiger partial charge in [-0.25, -0.2) is 5.84 Å². The SMILES string of the molecule is N/C(=C\N(N)C1C(Oc2ccc(CCNN=O)cc2)OC(CO)C(O)C1O)c1ccccc1. The van der Waals surface area contributed by atoms with Gasteiger partial charge in [-0.3, -0.25) is 5.43 Å². The van der Waals surface area contributed by atoms with Gasteiger partial charge in [0.05, 0.1) is 12.3 Å². The second kappa shape index (κ2) is 11.6. The summed E-state index contributed by atoms with van der Waals surface area (Å²) in [6.45, 7) is -0.120. The number of nitrogens with two attached hydrogens (primary N) is 2. The van der Waals surface area contributed by atoms with E-state index in [4.69, 9.17) is 21.1 Å². The third-order valence-electron chi connectivity index (χ3n) is 5.35. The molecule has 2 aromatic carbocycles. The van der Waals surface area contributed by atoms with Gasteiger partial charge < -0.3 is 35.5 Å². The molecule has 1 fully saturated rings. The largest absolute Gasteiger partial charge is 0.462 e. The summed E-state index contributed by atoms with van der Waals surface area (Å²) in [5.74, 6) is 6.62. The zero-order valence-electron chi connectivity index (χ0n) is 17.9. The summed E-state index contributed by atoms with van der Waals surface area (Å²) in [5.41, 5.74) is 10.5. The van der Waals surface area contributed by atoms with Gasteiger partial charge in [-0.15, -0.1) is 4.91 Å². The van der Waals surface area contributed by atoms with Crippen LogP contribution in [0, 0.1) is 4.91 Å². The van der Waals surface area contributed by atoms with Gasteiger partial charge in [0.2, 0.25) is 6.29 Å². The Labute approximate surface area is 191 Å². The van der Waals surface area contributed by atoms with Crippen molar-refractivity contribution in [2.75, 3.05) is 13.2 Å². The number of nitrogens with zero attached hydrogens (tertiary/aromatic N) is 2. The van der Waals surface area contributed by atoms with Gasteiger partial charge in [-0.05, 0) is 29.7 Å². The molecule has 0 radical (unpaired) electrons. The number of aliphatic hydroxyl groups excluding tert-OH is 3. The zero-order valence-corrected chi connectivity index (χ0v) is 17.9. The summed E-state index contributed by atoms with van der Waals surface area (Å²) in [6, 6.07) is 15.1. The molecule has 0 bridgehead atoms. The van der Waals surface area contributed by atoms with Crippen LogP contribution >= 0.6 is 0 Å². The van der Waals surface area contributed by atoms with Crippen LogP contribution < -0.4 is 21.7 Å². The number of aliphatic hydroxyl groups is 3. The maximum Gasteiger partial charge on any atom is 0.225 e. The van der Waals surface area contributed by atoms with Crippen molar-refractivity contribution >= 4 is 5.70 Å². The Morgan fingerprint density at radius 2 is 1.85 bits per heavy atom. The molecule has 0 spiro atoms. The van der Waals surface area contributed by atoms with Crippen molar-refractivity contribution in [3.63, 3.8) is 0 Å². The Morgan fingerprint density at radius 1 is 1.15 bits per heavy atom. The molecule has 5 unspecified atom stereocenters. The third kappa shape index (κ3) is 6.18. The lowest BCUT2D eigenvalue weighted by Crippen LogP contribution is -2.66. The number of hydrogen-bond donors (Lipinski definition) is 6. The van der Waals surface area contributed by atoms with Crippen molar-refractivity contribution in [1.29, 1.82) is 0 Å². The van der Waals surface area contributed by atoms with Crippen LogP contribution in [0.3, 0.4) is 0 Å². The van der Waals surface area contributed by atoms with Crippen molar-refractivity contribution in [1.82, 2.24) is 10.4 Å². The molecule has 1 aliphatic rings. The fourth-order valence-corrected chi connectivity index (χ4v) is 3.55. The molecule has 0 amide bonds. The first-order chi connectivity index (χ1) is 15.9. The zero-order chi connectivity index (χ0) is 23.8. The van der Waals surface area contributed by atoms with Crippen LogP contribution in [0.25, 0.3) is 5.70 Å². The van der Waals surface area contributed by atoms with Crippen molar-refractivity contribution in [2.45, 2.75) is 37.1 Å². The lowest BCUT2D eigenvalue weighted by molar-refractivity contribution is -0.259. The monoisotopic (exact) mass is 459 g/mol. The molecule has 3 rings (SSSR count). The molecule has 1 aliphatic heterocycles. The van der Waals surface area contributed by atoms with E-state index in [9.17, 15) is 20.2 Å². The molecule has 1 saturated heterocycles. The van der Waals surface area contributed by atoms with E-state index >= 15 is 0 Å². The number of nitrogens with one attached hydrogen (secondary N) is 1. The normalized spacial score (nSPS) is 25.3. The van der Waals surface area contributed by atoms with Gasteiger partial charge in [0, 0.05) is 18.0 Å². The Bertz CT molecular complexity index is 913. The Balaban J connectivity index is 1.79. The average molecular weight is 460 g/mol. The van der Waals surface area contributed by atoms with Crippen molar-refractivity contribution in [3.05, 3.63) is 76.8 Å². The first-order valence-corrected chi connectivity index (χ1v) is 10.4. The second-order valence-electron chi connectivity index (χ2n) is 7.61. The summed E-state index contributed by atoms with van der Waals surface area (Å²) in [5, 5.41) is 34.4. The molecule has 11 heteroatoms. The first kappa shape index (κ1) is 24.4. The summed E-state index contributed by atoms with van der Waals surface area (Å²) < 4.78 is 11.6. The van der Waals surface area contributed by atoms with E-state index in [-0.39, 0.29) is 0 Å². The molecule has 0 aliphatic carbocycles. The lowest BCUT2D eigenvalue weighted by atomic mass is 9.96. The summed E-state index contributed by atoms with van der Waals surface area (Å²) in [4.78, 5) is 10.1. The van der Waals surface area contributed by atoms with Crippen LogP contribution in [0.5, 0.6) is 5.75 Å². The first-order valence-electron chi connectivity index (χ1n) is 10.4. The van der Waals surface area contributed by atoms with Gasteiger partial charge in [-0.2, -0.15) is 0 Å². The Hall–Kier alpha value is -3.22. The van der Waals surface area contributed by atoms with E-state index in [1.807, 2.05) is 30.3 Å². The summed E-state index contributed by atoms with van der Waals surface area (Å²) >= 11 is 0. The van der Waals surface area contributed by atoms with Gasteiger partial charge >= 0.3 is 0 Å². The summed E-state index contributed by atoms with van der Waals surface area (Å²) in [7, 11) is 0. The Kier molecular flexibility index (Phi) is 8.58. The predicted molar refractivity (Wildman–Crippen MR) is 121 cm³/mol. The van der Waals surface area contributed by atoms with Crippen LogP contribution in [0.2, 0.25) is 0 Å². The number of nitroso groups, excluding NO2 is 1. The molecule has 178 valence electrons. The van der Waals surface area contributed by atoms with Crippen LogP contribution in [0.4, 0.5) is 0 Å². The van der Waals surface area contributed by atoms with Crippen LogP contribution in [-0.4, -0.2) is 64.1 Å². The molecule has 5 atom stereocenters. The maximum atomic E-state index is 10.8. The standard InChI is InChI=1S/C22H29N5O6/c23-17(15-4-2-1-3-5-15)12-27(24)19-21(30)20(29)18(13-28)33-22(19)32-16-8-6-14(7-9-16)10-11-25-26-31/h1-9,12,18-22,28-30H,10-11,13,23-24H2,(H,25,31)/b17-12-. The van der Waals surface area contributed by atoms with E-state index in [1.165, 1.54) is 6.20 Å². The van der Waals surface area contributed by atoms with Crippen LogP contribution in [0.1, 0.15) is 11.1 Å². The fourth-order valence-electron chi connectivity index (χ4n) is 3.55. The van der Waals surface area contributed by atoms with E-state index in [2.05, 4.69) is 10.7 Å². The Morgan fingerprint density at radius 3 is 2.48 bits per heavy atom. The molecular weight excluding hydrogens is 430 g/mol. The molecule has 2 aromatic rings. The third-order valence-corrected chi connectivity index (χ3v) is 5.35. The van der Waals surface area contributed by atoms with Crippen LogP contribution in [-0.2, 0) is 11.2 Å². The fraction of sp³-hybridized carbons (Fsp3) is 0.364. The predicted octanol–water partition coefficient (Wildman–Crippen LogP) is -0.180. The molecular formula is C22H29N5O6. The molecule has 11 nitrogen and oxygen atoms in total. The lowest BCUT2D eigenvalue weighted by Gasteiger charge is -2.44. The van der Waals surface area contributed by atoms with Gasteiger partial charge in [0.25, 0.3) is 0 Å². The van der Waals surface area contributed by atoms with E-state index < -0.39 is 37.3 Å². The highest BCUT2D eigenvalue weighted by atomic mass is 16.7. The number of ether oxygens (including phenoxy) is 2. The van der Waals surface area contributed by atoms with Crippen LogP contribution in [0.15, 0.2) is 66.1 Å². The highest BCUT2D eigenvalue weighted by Crippen LogP contribution is 2.27. The number of hydrazine groups is 1. The topological polar surface area (TPSA) is 176 Å². The van der Waals surface area contributed by atoms with Gasteiger partial charge in [0.1, 0.15) is 30.1 Å². The van der Waals surface area contributed by atoms with Crippen molar-refractivity contribution < 1.29 is 24.8 Å². The average Bonchev–Trinajstić information content (AvgIpc) is 2.83. The molecule has 1 heterocycles. The molecule has 33 heavy (non-hydrogen) atoms. The maximum absolute atomic E-state index is 10.8. The highest BCUT2D eigenvalue weighted by Gasteiger charge is 2.47. The molecule has 8 N–H and O–H groups in total. The van der Waals surface area contributed by atoms with E-state index in [0.717, 1.165) is 16.1 Å². The number of benzene rings is 2. The minimum absolute atomic E-state index is 0.339. The molecule has 0 saturated carbocycles. The summed E-state index contributed by atoms with van der Waals surface area (Å²) in [6.07, 6.45) is -2.97. The van der Waals surface area contributed by atoms with E-state index in [1.54, 1.807) is 24.3 Å². The van der Waals surface area contributed by atoms with Crippen molar-refractivity contribution in [2.24, 2.45) is 16.9 Å². The number of hydrogen-bond acceptors (Lipinski definition) is 10. The molecule has 0 aromatic heterocycles. The quantitative estimate of drug-likeness (QED) is 0.121. The van der Waals surface area contributed by atoms with Crippen molar-refractivity contribution in [3.8, 4) is 5.75 Å². The van der Waals surface area contributed by atoms with E-state index in [0.29, 0.717) is 24.4 Å². The minimum Gasteiger partial charge on any atom is -0.462 e. The number of rotatable bonds is 10. The minimum atomic E-state index is -1.40. The van der Waals surface area contributed by atoms with Gasteiger partial charge in [-0.1, -0.05) is 42.5 Å². The smallest absolute Gasteiger partial charge is 0.225 e. The second-order valence-corrected chi connectivity index (χ2v) is 7.61.